The van der Waals surface area contributed by atoms with Crippen molar-refractivity contribution in [3.63, 3.8) is 0 Å². The molecule has 1 amide bonds. The lowest BCUT2D eigenvalue weighted by molar-refractivity contribution is -0.145. The van der Waals surface area contributed by atoms with E-state index in [0.29, 0.717) is 21.6 Å². The maximum absolute atomic E-state index is 12.9. The number of thioether (sulfide) groups is 1. The minimum Gasteiger partial charge on any atom is -0.482 e. The third-order valence-electron chi connectivity index (χ3n) is 4.23. The summed E-state index contributed by atoms with van der Waals surface area (Å²) < 4.78 is 10.7. The molecule has 0 N–H and O–H groups in total. The molecule has 1 aliphatic heterocycles. The second-order valence-electron chi connectivity index (χ2n) is 6.47. The second kappa shape index (κ2) is 9.24. The van der Waals surface area contributed by atoms with Crippen molar-refractivity contribution in [3.8, 4) is 5.75 Å². The number of thiocarbonyl (C=S) groups is 1. The number of benzene rings is 2. The molecule has 0 aromatic heterocycles. The van der Waals surface area contributed by atoms with Gasteiger partial charge < -0.3 is 9.47 Å². The molecule has 1 aliphatic rings. The van der Waals surface area contributed by atoms with Gasteiger partial charge in [-0.1, -0.05) is 53.8 Å². The van der Waals surface area contributed by atoms with E-state index in [1.807, 2.05) is 44.2 Å². The molecule has 0 spiro atoms. The van der Waals surface area contributed by atoms with Gasteiger partial charge in [-0.3, -0.25) is 9.69 Å². The van der Waals surface area contributed by atoms with Crippen molar-refractivity contribution >= 4 is 51.9 Å². The van der Waals surface area contributed by atoms with Crippen LogP contribution in [0.25, 0.3) is 6.08 Å². The molecule has 1 saturated heterocycles. The van der Waals surface area contributed by atoms with Crippen LogP contribution < -0.4 is 9.64 Å². The number of carbonyl (C=O) groups is 2. The third-order valence-corrected chi connectivity index (χ3v) is 5.53. The summed E-state index contributed by atoms with van der Waals surface area (Å²) >= 11 is 6.73. The molecule has 0 unspecified atom stereocenters. The number of hydrogen-bond donors (Lipinski definition) is 0. The van der Waals surface area contributed by atoms with E-state index in [-0.39, 0.29) is 12.5 Å². The fourth-order valence-corrected chi connectivity index (χ4v) is 4.17. The van der Waals surface area contributed by atoms with Gasteiger partial charge in [0.1, 0.15) is 5.75 Å². The lowest BCUT2D eigenvalue weighted by atomic mass is 10.1. The Hall–Kier alpha value is -2.64. The van der Waals surface area contributed by atoms with Crippen molar-refractivity contribution in [1.29, 1.82) is 0 Å². The Balaban J connectivity index is 1.73. The summed E-state index contributed by atoms with van der Waals surface area (Å²) in [5.74, 6) is 0.0132. The number of anilines is 1. The monoisotopic (exact) mass is 427 g/mol. The molecule has 0 atom stereocenters. The van der Waals surface area contributed by atoms with Gasteiger partial charge in [-0.25, -0.2) is 4.79 Å². The van der Waals surface area contributed by atoms with Crippen LogP contribution in [0, 0.1) is 13.8 Å². The van der Waals surface area contributed by atoms with E-state index in [9.17, 15) is 9.59 Å². The highest BCUT2D eigenvalue weighted by atomic mass is 32.2. The van der Waals surface area contributed by atoms with Crippen LogP contribution >= 0.6 is 24.0 Å². The average molecular weight is 428 g/mol. The highest BCUT2D eigenvalue weighted by Crippen LogP contribution is 2.37. The Morgan fingerprint density at radius 2 is 1.90 bits per heavy atom. The average Bonchev–Trinajstić information content (AvgIpc) is 2.95. The molecule has 2 aromatic carbocycles. The van der Waals surface area contributed by atoms with Gasteiger partial charge in [0.05, 0.1) is 17.2 Å². The summed E-state index contributed by atoms with van der Waals surface area (Å²) in [5, 5.41) is 0. The first-order valence-corrected chi connectivity index (χ1v) is 10.3. The summed E-state index contributed by atoms with van der Waals surface area (Å²) in [6.07, 6.45) is 1.80. The third kappa shape index (κ3) is 5.05. The first-order chi connectivity index (χ1) is 13.9. The number of rotatable bonds is 6. The summed E-state index contributed by atoms with van der Waals surface area (Å²) in [4.78, 5) is 26.4. The summed E-state index contributed by atoms with van der Waals surface area (Å²) in [6.45, 7) is 5.92. The molecule has 0 saturated carbocycles. The van der Waals surface area contributed by atoms with E-state index < -0.39 is 5.97 Å². The first-order valence-electron chi connectivity index (χ1n) is 9.12. The fraction of sp³-hybridized carbons (Fsp3) is 0.227. The number of amides is 1. The van der Waals surface area contributed by atoms with Gasteiger partial charge in [0.15, 0.2) is 10.9 Å². The Morgan fingerprint density at radius 3 is 2.55 bits per heavy atom. The molecule has 1 fully saturated rings. The molecular weight excluding hydrogens is 406 g/mol. The number of hydrogen-bond acceptors (Lipinski definition) is 6. The van der Waals surface area contributed by atoms with E-state index in [0.717, 1.165) is 22.4 Å². The highest BCUT2D eigenvalue weighted by Gasteiger charge is 2.34. The van der Waals surface area contributed by atoms with Crippen LogP contribution in [0.15, 0.2) is 47.4 Å². The minimum absolute atomic E-state index is 0.130. The van der Waals surface area contributed by atoms with Crippen LogP contribution in [0.1, 0.15) is 23.6 Å². The van der Waals surface area contributed by atoms with Crippen molar-refractivity contribution in [2.45, 2.75) is 20.8 Å². The molecule has 1 heterocycles. The molecule has 5 nitrogen and oxygen atoms in total. The van der Waals surface area contributed by atoms with Gasteiger partial charge in [-0.05, 0) is 56.2 Å². The fourth-order valence-electron chi connectivity index (χ4n) is 2.89. The number of carbonyl (C=O) groups excluding carboxylic acids is 2. The van der Waals surface area contributed by atoms with Crippen molar-refractivity contribution in [2.24, 2.45) is 0 Å². The normalized spacial score (nSPS) is 15.1. The zero-order valence-corrected chi connectivity index (χ0v) is 18.1. The first kappa shape index (κ1) is 21.1. The van der Waals surface area contributed by atoms with Gasteiger partial charge in [0, 0.05) is 0 Å². The van der Waals surface area contributed by atoms with E-state index in [1.54, 1.807) is 30.0 Å². The highest BCUT2D eigenvalue weighted by molar-refractivity contribution is 8.27. The number of esters is 1. The van der Waals surface area contributed by atoms with E-state index in [4.69, 9.17) is 21.7 Å². The molecule has 0 bridgehead atoms. The topological polar surface area (TPSA) is 55.8 Å². The zero-order valence-electron chi connectivity index (χ0n) is 16.4. The predicted octanol–water partition coefficient (Wildman–Crippen LogP) is 4.65. The molecule has 3 rings (SSSR count). The van der Waals surface area contributed by atoms with Crippen LogP contribution in [0.4, 0.5) is 5.69 Å². The van der Waals surface area contributed by atoms with Crippen LogP contribution in [0.3, 0.4) is 0 Å². The van der Waals surface area contributed by atoms with Crippen LogP contribution in [-0.4, -0.2) is 29.4 Å². The van der Waals surface area contributed by atoms with Crippen molar-refractivity contribution in [1.82, 2.24) is 0 Å². The van der Waals surface area contributed by atoms with Crippen LogP contribution in [0.2, 0.25) is 0 Å². The largest absolute Gasteiger partial charge is 0.482 e. The number of nitrogens with zero attached hydrogens (tertiary/aromatic N) is 1. The molecule has 2 aromatic rings. The smallest absolute Gasteiger partial charge is 0.344 e. The van der Waals surface area contributed by atoms with E-state index in [1.165, 1.54) is 11.8 Å². The summed E-state index contributed by atoms with van der Waals surface area (Å²) in [7, 11) is 0. The van der Waals surface area contributed by atoms with Crippen LogP contribution in [-0.2, 0) is 14.3 Å². The van der Waals surface area contributed by atoms with E-state index >= 15 is 0 Å². The lowest BCUT2D eigenvalue weighted by Crippen LogP contribution is -2.28. The van der Waals surface area contributed by atoms with Gasteiger partial charge in [-0.15, -0.1) is 0 Å². The standard InChI is InChI=1S/C22H21NO4S2/c1-4-26-20(24)13-27-17-8-6-16(7-9-17)12-19-21(25)23(22(28)29-19)18-10-5-14(2)11-15(18)3/h5-12H,4,13H2,1-3H3/b19-12+. The van der Waals surface area contributed by atoms with E-state index in [2.05, 4.69) is 0 Å². The maximum atomic E-state index is 12.9. The quantitative estimate of drug-likeness (QED) is 0.380. The molecule has 7 heteroatoms. The van der Waals surface area contributed by atoms with Crippen molar-refractivity contribution < 1.29 is 19.1 Å². The molecule has 150 valence electrons. The number of ether oxygens (including phenoxy) is 2. The van der Waals surface area contributed by atoms with Crippen molar-refractivity contribution in [2.75, 3.05) is 18.1 Å². The summed E-state index contributed by atoms with van der Waals surface area (Å²) in [5.41, 5.74) is 3.79. The van der Waals surface area contributed by atoms with Crippen molar-refractivity contribution in [3.05, 3.63) is 64.1 Å². The lowest BCUT2D eigenvalue weighted by Gasteiger charge is -2.17. The molecule has 29 heavy (non-hydrogen) atoms. The SMILES string of the molecule is CCOC(=O)COc1ccc(/C=C2/SC(=S)N(c3ccc(C)cc3C)C2=O)cc1. The molecule has 0 aliphatic carbocycles. The van der Waals surface area contributed by atoms with Crippen LogP contribution in [0.5, 0.6) is 5.75 Å². The Kier molecular flexibility index (Phi) is 6.71. The maximum Gasteiger partial charge on any atom is 0.344 e. The molecule has 0 radical (unpaired) electrons. The zero-order chi connectivity index (χ0) is 21.0. The summed E-state index contributed by atoms with van der Waals surface area (Å²) in [6, 6.07) is 13.1. The Labute approximate surface area is 179 Å². The Bertz CT molecular complexity index is 983. The van der Waals surface area contributed by atoms with Gasteiger partial charge >= 0.3 is 5.97 Å². The van der Waals surface area contributed by atoms with Gasteiger partial charge in [-0.2, -0.15) is 0 Å². The Morgan fingerprint density at radius 1 is 1.17 bits per heavy atom. The second-order valence-corrected chi connectivity index (χ2v) is 8.15. The molecular formula is C22H21NO4S2. The minimum atomic E-state index is -0.411. The van der Waals surface area contributed by atoms with Gasteiger partial charge in [0.2, 0.25) is 0 Å². The van der Waals surface area contributed by atoms with Gasteiger partial charge in [0.25, 0.3) is 5.91 Å². The predicted molar refractivity (Wildman–Crippen MR) is 120 cm³/mol. The number of aryl methyl sites for hydroxylation is 2.